The number of aromatic nitrogens is 1. The average Bonchev–Trinajstić information content (AvgIpc) is 2.82. The van der Waals surface area contributed by atoms with Crippen LogP contribution in [-0.4, -0.2) is 11.5 Å². The molecule has 0 bridgehead atoms. The number of halogens is 2. The van der Waals surface area contributed by atoms with Crippen LogP contribution in [0.2, 0.25) is 0 Å². The summed E-state index contributed by atoms with van der Waals surface area (Å²) in [5.41, 5.74) is 0.733. The van der Waals surface area contributed by atoms with Crippen LogP contribution in [0.4, 0.5) is 8.78 Å². The second-order valence-corrected chi connectivity index (χ2v) is 5.21. The SMILES string of the molecule is Cc1ccc(F)c(-c2ocnc2CNCC(C)C)c1F. The second kappa shape index (κ2) is 6.13. The van der Waals surface area contributed by atoms with Crippen LogP contribution in [-0.2, 0) is 6.54 Å². The van der Waals surface area contributed by atoms with Crippen molar-refractivity contribution in [1.82, 2.24) is 10.3 Å². The minimum atomic E-state index is -0.644. The minimum absolute atomic E-state index is 0.149. The molecule has 1 N–H and O–H groups in total. The zero-order chi connectivity index (χ0) is 14.7. The van der Waals surface area contributed by atoms with Gasteiger partial charge in [-0.2, -0.15) is 0 Å². The highest BCUT2D eigenvalue weighted by atomic mass is 19.1. The number of nitrogens with one attached hydrogen (secondary N) is 1. The molecule has 0 spiro atoms. The van der Waals surface area contributed by atoms with Gasteiger partial charge in [0.1, 0.15) is 17.3 Å². The Bertz CT molecular complexity index is 594. The summed E-state index contributed by atoms with van der Waals surface area (Å²) in [6.45, 7) is 6.96. The van der Waals surface area contributed by atoms with E-state index in [0.717, 1.165) is 6.54 Å². The first-order valence-electron chi connectivity index (χ1n) is 6.58. The third kappa shape index (κ3) is 3.04. The molecule has 5 heteroatoms. The van der Waals surface area contributed by atoms with Crippen LogP contribution in [0.1, 0.15) is 25.1 Å². The Balaban J connectivity index is 2.30. The molecule has 2 aromatic rings. The van der Waals surface area contributed by atoms with E-state index in [4.69, 9.17) is 4.42 Å². The quantitative estimate of drug-likeness (QED) is 0.908. The van der Waals surface area contributed by atoms with Gasteiger partial charge in [0.15, 0.2) is 12.2 Å². The monoisotopic (exact) mass is 280 g/mol. The molecule has 1 heterocycles. The van der Waals surface area contributed by atoms with E-state index in [0.29, 0.717) is 23.7 Å². The number of oxazole rings is 1. The Morgan fingerprint density at radius 2 is 2.05 bits per heavy atom. The van der Waals surface area contributed by atoms with Gasteiger partial charge in [-0.15, -0.1) is 0 Å². The van der Waals surface area contributed by atoms with E-state index in [9.17, 15) is 8.78 Å². The van der Waals surface area contributed by atoms with Crippen LogP contribution in [0.25, 0.3) is 11.3 Å². The topological polar surface area (TPSA) is 38.1 Å². The van der Waals surface area contributed by atoms with Gasteiger partial charge in [-0.25, -0.2) is 13.8 Å². The standard InChI is InChI=1S/C15H18F2N2O/c1-9(2)6-18-7-12-15(20-8-19-12)13-11(16)5-4-10(3)14(13)17/h4-5,8-9,18H,6-7H2,1-3H3. The van der Waals surface area contributed by atoms with E-state index in [1.807, 2.05) is 0 Å². The fourth-order valence-corrected chi connectivity index (χ4v) is 1.94. The van der Waals surface area contributed by atoms with Crippen LogP contribution in [0.5, 0.6) is 0 Å². The molecule has 20 heavy (non-hydrogen) atoms. The van der Waals surface area contributed by atoms with Gasteiger partial charge in [0.2, 0.25) is 0 Å². The maximum absolute atomic E-state index is 14.1. The Morgan fingerprint density at radius 3 is 2.75 bits per heavy atom. The third-order valence-electron chi connectivity index (χ3n) is 3.00. The predicted octanol–water partition coefficient (Wildman–Crippen LogP) is 3.67. The van der Waals surface area contributed by atoms with Gasteiger partial charge in [-0.3, -0.25) is 0 Å². The Kier molecular flexibility index (Phi) is 4.49. The lowest BCUT2D eigenvalue weighted by Crippen LogP contribution is -2.19. The summed E-state index contributed by atoms with van der Waals surface area (Å²) >= 11 is 0. The molecule has 0 saturated carbocycles. The lowest BCUT2D eigenvalue weighted by Gasteiger charge is -2.08. The number of rotatable bonds is 5. The number of nitrogens with zero attached hydrogens (tertiary/aromatic N) is 1. The molecule has 0 saturated heterocycles. The van der Waals surface area contributed by atoms with Crippen molar-refractivity contribution in [2.45, 2.75) is 27.3 Å². The van der Waals surface area contributed by atoms with Gasteiger partial charge < -0.3 is 9.73 Å². The molecule has 0 amide bonds. The van der Waals surface area contributed by atoms with Gasteiger partial charge >= 0.3 is 0 Å². The highest BCUT2D eigenvalue weighted by molar-refractivity contribution is 5.62. The predicted molar refractivity (Wildman–Crippen MR) is 73.1 cm³/mol. The Hall–Kier alpha value is -1.75. The molecule has 3 nitrogen and oxygen atoms in total. The van der Waals surface area contributed by atoms with Crippen molar-refractivity contribution in [1.29, 1.82) is 0 Å². The van der Waals surface area contributed by atoms with E-state index in [1.54, 1.807) is 6.92 Å². The van der Waals surface area contributed by atoms with Crippen molar-refractivity contribution >= 4 is 0 Å². The van der Waals surface area contributed by atoms with Crippen LogP contribution in [0.15, 0.2) is 22.9 Å². The van der Waals surface area contributed by atoms with Crippen molar-refractivity contribution in [2.75, 3.05) is 6.54 Å². The molecule has 2 rings (SSSR count). The maximum Gasteiger partial charge on any atom is 0.181 e. The summed E-state index contributed by atoms with van der Waals surface area (Å²) in [5.74, 6) is -0.612. The molecule has 0 atom stereocenters. The van der Waals surface area contributed by atoms with Crippen molar-refractivity contribution in [3.8, 4) is 11.3 Å². The molecule has 108 valence electrons. The first-order chi connectivity index (χ1) is 9.50. The molecule has 0 unspecified atom stereocenters. The molecular formula is C15H18F2N2O. The van der Waals surface area contributed by atoms with Gasteiger partial charge in [-0.05, 0) is 31.0 Å². The molecule has 0 fully saturated rings. The van der Waals surface area contributed by atoms with Gasteiger partial charge in [0.25, 0.3) is 0 Å². The van der Waals surface area contributed by atoms with Crippen LogP contribution >= 0.6 is 0 Å². The van der Waals surface area contributed by atoms with Crippen LogP contribution < -0.4 is 5.32 Å². The molecule has 0 aliphatic carbocycles. The zero-order valence-corrected chi connectivity index (χ0v) is 11.8. The van der Waals surface area contributed by atoms with Crippen molar-refractivity contribution in [3.05, 3.63) is 41.4 Å². The Morgan fingerprint density at radius 1 is 1.30 bits per heavy atom. The van der Waals surface area contributed by atoms with E-state index in [-0.39, 0.29) is 11.3 Å². The highest BCUT2D eigenvalue weighted by Gasteiger charge is 2.20. The largest absolute Gasteiger partial charge is 0.443 e. The van der Waals surface area contributed by atoms with Crippen LogP contribution in [0.3, 0.4) is 0 Å². The molecule has 0 aliphatic heterocycles. The summed E-state index contributed by atoms with van der Waals surface area (Å²) in [5, 5.41) is 3.18. The van der Waals surface area contributed by atoms with E-state index < -0.39 is 11.6 Å². The van der Waals surface area contributed by atoms with E-state index in [2.05, 4.69) is 24.1 Å². The lowest BCUT2D eigenvalue weighted by atomic mass is 10.1. The van der Waals surface area contributed by atoms with Crippen molar-refractivity contribution in [2.24, 2.45) is 5.92 Å². The molecule has 0 aliphatic rings. The number of benzene rings is 1. The number of aryl methyl sites for hydroxylation is 1. The summed E-state index contributed by atoms with van der Waals surface area (Å²) in [7, 11) is 0. The fourth-order valence-electron chi connectivity index (χ4n) is 1.94. The third-order valence-corrected chi connectivity index (χ3v) is 3.00. The summed E-state index contributed by atoms with van der Waals surface area (Å²) in [6, 6.07) is 2.64. The van der Waals surface area contributed by atoms with Crippen molar-refractivity contribution < 1.29 is 13.2 Å². The highest BCUT2D eigenvalue weighted by Crippen LogP contribution is 2.30. The lowest BCUT2D eigenvalue weighted by molar-refractivity contribution is 0.532. The van der Waals surface area contributed by atoms with Gasteiger partial charge in [-0.1, -0.05) is 19.9 Å². The normalized spacial score (nSPS) is 11.3. The van der Waals surface area contributed by atoms with Gasteiger partial charge in [0.05, 0.1) is 5.56 Å². The number of hydrogen-bond donors (Lipinski definition) is 1. The smallest absolute Gasteiger partial charge is 0.181 e. The maximum atomic E-state index is 14.1. The summed E-state index contributed by atoms with van der Waals surface area (Å²) in [6.07, 6.45) is 1.21. The fraction of sp³-hybridized carbons (Fsp3) is 0.400. The second-order valence-electron chi connectivity index (χ2n) is 5.21. The molecular weight excluding hydrogens is 262 g/mol. The van der Waals surface area contributed by atoms with Crippen molar-refractivity contribution in [3.63, 3.8) is 0 Å². The Labute approximate surface area is 117 Å². The molecule has 0 radical (unpaired) electrons. The minimum Gasteiger partial charge on any atom is -0.443 e. The number of hydrogen-bond acceptors (Lipinski definition) is 3. The zero-order valence-electron chi connectivity index (χ0n) is 11.8. The molecule has 1 aromatic carbocycles. The first-order valence-corrected chi connectivity index (χ1v) is 6.58. The van der Waals surface area contributed by atoms with E-state index in [1.165, 1.54) is 18.5 Å². The summed E-state index contributed by atoms with van der Waals surface area (Å²) < 4.78 is 33.2. The first kappa shape index (κ1) is 14.7. The van der Waals surface area contributed by atoms with Gasteiger partial charge in [0, 0.05) is 6.54 Å². The summed E-state index contributed by atoms with van der Waals surface area (Å²) in [4.78, 5) is 4.04. The average molecular weight is 280 g/mol. The molecule has 1 aromatic heterocycles. The van der Waals surface area contributed by atoms with Crippen LogP contribution in [0, 0.1) is 24.5 Å². The van der Waals surface area contributed by atoms with E-state index >= 15 is 0 Å².